The molecule has 2 unspecified atom stereocenters. The third kappa shape index (κ3) is 5.10. The number of rotatable bonds is 8. The molecule has 0 aromatic rings. The van der Waals surface area contributed by atoms with Crippen molar-refractivity contribution in [2.75, 3.05) is 32.8 Å². The first-order chi connectivity index (χ1) is 7.76. The van der Waals surface area contributed by atoms with Crippen LogP contribution in [0.15, 0.2) is 12.7 Å². The first-order valence-corrected chi connectivity index (χ1v) is 6.35. The van der Waals surface area contributed by atoms with Crippen LogP contribution in [-0.2, 0) is 4.74 Å². The standard InChI is InChI=1S/C13H25NO2/c1-3-5-6-13(15)10-14-8-7-12(9-14)11-16-4-2/h3,12-13,15H,1,4-11H2,2H3. The Kier molecular flexibility index (Phi) is 6.69. The van der Waals surface area contributed by atoms with Crippen LogP contribution >= 0.6 is 0 Å². The quantitative estimate of drug-likeness (QED) is 0.640. The fourth-order valence-corrected chi connectivity index (χ4v) is 2.20. The summed E-state index contributed by atoms with van der Waals surface area (Å²) in [6, 6.07) is 0. The summed E-state index contributed by atoms with van der Waals surface area (Å²) in [4.78, 5) is 2.34. The first-order valence-electron chi connectivity index (χ1n) is 6.35. The van der Waals surface area contributed by atoms with Gasteiger partial charge in [0.15, 0.2) is 0 Å². The van der Waals surface area contributed by atoms with Gasteiger partial charge in [0.25, 0.3) is 0 Å². The molecule has 16 heavy (non-hydrogen) atoms. The summed E-state index contributed by atoms with van der Waals surface area (Å²) in [5.74, 6) is 0.659. The Bertz CT molecular complexity index is 196. The number of likely N-dealkylation sites (tertiary alicyclic amines) is 1. The van der Waals surface area contributed by atoms with Crippen molar-refractivity contribution >= 4 is 0 Å². The van der Waals surface area contributed by atoms with Gasteiger partial charge in [0.1, 0.15) is 0 Å². The number of nitrogens with zero attached hydrogens (tertiary/aromatic N) is 1. The topological polar surface area (TPSA) is 32.7 Å². The van der Waals surface area contributed by atoms with E-state index in [0.717, 1.165) is 45.7 Å². The van der Waals surface area contributed by atoms with Crippen molar-refractivity contribution in [1.82, 2.24) is 4.90 Å². The molecule has 1 fully saturated rings. The number of β-amino-alcohol motifs (C(OH)–C–C–N with tert-alkyl or cyclic N) is 1. The third-order valence-electron chi connectivity index (χ3n) is 3.10. The van der Waals surface area contributed by atoms with Crippen molar-refractivity contribution in [1.29, 1.82) is 0 Å². The highest BCUT2D eigenvalue weighted by atomic mass is 16.5. The van der Waals surface area contributed by atoms with E-state index < -0.39 is 0 Å². The van der Waals surface area contributed by atoms with Crippen LogP contribution < -0.4 is 0 Å². The number of hydrogen-bond acceptors (Lipinski definition) is 3. The van der Waals surface area contributed by atoms with Gasteiger partial charge in [-0.1, -0.05) is 6.08 Å². The average Bonchev–Trinajstić information content (AvgIpc) is 2.71. The predicted molar refractivity (Wildman–Crippen MR) is 66.5 cm³/mol. The molecule has 0 aromatic carbocycles. The number of aliphatic hydroxyl groups excluding tert-OH is 1. The monoisotopic (exact) mass is 227 g/mol. The van der Waals surface area contributed by atoms with Crippen molar-refractivity contribution in [2.24, 2.45) is 5.92 Å². The van der Waals surface area contributed by atoms with Crippen LogP contribution in [0.3, 0.4) is 0 Å². The molecule has 1 saturated heterocycles. The van der Waals surface area contributed by atoms with Crippen molar-refractivity contribution in [3.8, 4) is 0 Å². The molecule has 0 amide bonds. The smallest absolute Gasteiger partial charge is 0.0670 e. The van der Waals surface area contributed by atoms with Gasteiger partial charge in [0, 0.05) is 19.7 Å². The molecule has 0 aromatic heterocycles. The molecule has 1 heterocycles. The van der Waals surface area contributed by atoms with Gasteiger partial charge < -0.3 is 14.7 Å². The molecule has 1 aliphatic rings. The number of allylic oxidation sites excluding steroid dienone is 1. The zero-order valence-electron chi connectivity index (χ0n) is 10.4. The molecule has 94 valence electrons. The minimum atomic E-state index is -0.205. The molecule has 0 saturated carbocycles. The Morgan fingerprint density at radius 1 is 1.62 bits per heavy atom. The van der Waals surface area contributed by atoms with Crippen molar-refractivity contribution in [2.45, 2.75) is 32.3 Å². The van der Waals surface area contributed by atoms with Gasteiger partial charge in [0.2, 0.25) is 0 Å². The molecule has 3 nitrogen and oxygen atoms in total. The van der Waals surface area contributed by atoms with E-state index in [1.807, 2.05) is 13.0 Å². The molecule has 1 N–H and O–H groups in total. The van der Waals surface area contributed by atoms with Crippen LogP contribution in [0.1, 0.15) is 26.2 Å². The van der Waals surface area contributed by atoms with E-state index in [1.165, 1.54) is 6.42 Å². The molecular weight excluding hydrogens is 202 g/mol. The Morgan fingerprint density at radius 3 is 3.12 bits per heavy atom. The molecule has 0 aliphatic carbocycles. The van der Waals surface area contributed by atoms with Crippen LogP contribution in [-0.4, -0.2) is 49.0 Å². The summed E-state index contributed by atoms with van der Waals surface area (Å²) in [5, 5.41) is 9.78. The van der Waals surface area contributed by atoms with E-state index in [4.69, 9.17) is 4.74 Å². The maximum Gasteiger partial charge on any atom is 0.0670 e. The molecule has 0 spiro atoms. The Morgan fingerprint density at radius 2 is 2.44 bits per heavy atom. The van der Waals surface area contributed by atoms with Crippen molar-refractivity contribution < 1.29 is 9.84 Å². The molecule has 0 bridgehead atoms. The molecule has 0 radical (unpaired) electrons. The van der Waals surface area contributed by atoms with E-state index in [2.05, 4.69) is 11.5 Å². The van der Waals surface area contributed by atoms with Gasteiger partial charge in [-0.2, -0.15) is 0 Å². The lowest BCUT2D eigenvalue weighted by Gasteiger charge is -2.19. The molecule has 1 aliphatic heterocycles. The summed E-state index contributed by atoms with van der Waals surface area (Å²) in [5.41, 5.74) is 0. The Labute approximate surface area is 99.1 Å². The lowest BCUT2D eigenvalue weighted by atomic mass is 10.1. The summed E-state index contributed by atoms with van der Waals surface area (Å²) < 4.78 is 5.43. The van der Waals surface area contributed by atoms with Crippen LogP contribution in [0, 0.1) is 5.92 Å². The Balaban J connectivity index is 2.12. The van der Waals surface area contributed by atoms with E-state index in [0.29, 0.717) is 5.92 Å². The van der Waals surface area contributed by atoms with E-state index in [9.17, 15) is 5.11 Å². The first kappa shape index (κ1) is 13.7. The number of hydrogen-bond donors (Lipinski definition) is 1. The number of aliphatic hydroxyl groups is 1. The fourth-order valence-electron chi connectivity index (χ4n) is 2.20. The second kappa shape index (κ2) is 7.82. The van der Waals surface area contributed by atoms with Gasteiger partial charge in [-0.05, 0) is 38.6 Å². The highest BCUT2D eigenvalue weighted by Gasteiger charge is 2.23. The minimum absolute atomic E-state index is 0.205. The van der Waals surface area contributed by atoms with Crippen LogP contribution in [0.5, 0.6) is 0 Å². The van der Waals surface area contributed by atoms with E-state index in [1.54, 1.807) is 0 Å². The van der Waals surface area contributed by atoms with Crippen LogP contribution in [0.4, 0.5) is 0 Å². The average molecular weight is 227 g/mol. The van der Waals surface area contributed by atoms with Crippen LogP contribution in [0.2, 0.25) is 0 Å². The van der Waals surface area contributed by atoms with E-state index >= 15 is 0 Å². The Hall–Kier alpha value is -0.380. The van der Waals surface area contributed by atoms with Gasteiger partial charge in [0.05, 0.1) is 12.7 Å². The molecular formula is C13H25NO2. The summed E-state index contributed by atoms with van der Waals surface area (Å²) in [6.07, 6.45) is 4.59. The highest BCUT2D eigenvalue weighted by Crippen LogP contribution is 2.17. The maximum atomic E-state index is 9.78. The lowest BCUT2D eigenvalue weighted by Crippen LogP contribution is -2.31. The SMILES string of the molecule is C=CCCC(O)CN1CCC(COCC)C1. The van der Waals surface area contributed by atoms with Crippen LogP contribution in [0.25, 0.3) is 0 Å². The van der Waals surface area contributed by atoms with Gasteiger partial charge >= 0.3 is 0 Å². The largest absolute Gasteiger partial charge is 0.392 e. The van der Waals surface area contributed by atoms with Gasteiger partial charge in [-0.3, -0.25) is 0 Å². The third-order valence-corrected chi connectivity index (χ3v) is 3.10. The van der Waals surface area contributed by atoms with E-state index in [-0.39, 0.29) is 6.10 Å². The second-order valence-electron chi connectivity index (χ2n) is 4.59. The number of ether oxygens (including phenoxy) is 1. The fraction of sp³-hybridized carbons (Fsp3) is 0.846. The molecule has 3 heteroatoms. The molecule has 1 rings (SSSR count). The highest BCUT2D eigenvalue weighted by molar-refractivity contribution is 4.78. The summed E-state index contributed by atoms with van der Waals surface area (Å²) >= 11 is 0. The van der Waals surface area contributed by atoms with Crippen molar-refractivity contribution in [3.05, 3.63) is 12.7 Å². The predicted octanol–water partition coefficient (Wildman–Crippen LogP) is 1.67. The van der Waals surface area contributed by atoms with Crippen molar-refractivity contribution in [3.63, 3.8) is 0 Å². The summed E-state index contributed by atoms with van der Waals surface area (Å²) in [7, 11) is 0. The minimum Gasteiger partial charge on any atom is -0.392 e. The zero-order valence-corrected chi connectivity index (χ0v) is 10.4. The normalized spacial score (nSPS) is 23.5. The zero-order chi connectivity index (χ0) is 11.8. The van der Waals surface area contributed by atoms with Gasteiger partial charge in [-0.25, -0.2) is 0 Å². The second-order valence-corrected chi connectivity index (χ2v) is 4.59. The lowest BCUT2D eigenvalue weighted by molar-refractivity contribution is 0.0973. The molecule has 2 atom stereocenters. The summed E-state index contributed by atoms with van der Waals surface area (Å²) in [6.45, 7) is 10.4. The maximum absolute atomic E-state index is 9.78. The van der Waals surface area contributed by atoms with Gasteiger partial charge in [-0.15, -0.1) is 6.58 Å².